The van der Waals surface area contributed by atoms with E-state index in [4.69, 9.17) is 23.2 Å². The third-order valence-electron chi connectivity index (χ3n) is 4.11. The van der Waals surface area contributed by atoms with Gasteiger partial charge < -0.3 is 10.6 Å². The van der Waals surface area contributed by atoms with Crippen molar-refractivity contribution in [2.45, 2.75) is 18.8 Å². The molecule has 0 saturated carbocycles. The first-order valence-corrected chi connectivity index (χ1v) is 8.46. The second-order valence-corrected chi connectivity index (χ2v) is 6.59. The summed E-state index contributed by atoms with van der Waals surface area (Å²) in [6, 6.07) is 12.9. The molecule has 3 rings (SSSR count). The van der Waals surface area contributed by atoms with Crippen LogP contribution in [0.3, 0.4) is 0 Å². The number of carbonyl (C=O) groups is 1. The first-order valence-electron chi connectivity index (χ1n) is 7.70. The molecule has 6 heteroatoms. The Bertz CT molecular complexity index is 698. The highest BCUT2D eigenvalue weighted by molar-refractivity contribution is 6.37. The van der Waals surface area contributed by atoms with Crippen molar-refractivity contribution in [2.75, 3.05) is 18.4 Å². The van der Waals surface area contributed by atoms with Crippen molar-refractivity contribution in [3.05, 3.63) is 63.6 Å². The maximum absolute atomic E-state index is 12.3. The minimum atomic E-state index is -0.237. The Morgan fingerprint density at radius 3 is 2.50 bits per heavy atom. The molecular weight excluding hydrogens is 367 g/mol. The molecule has 0 bridgehead atoms. The first-order chi connectivity index (χ1) is 11.1. The van der Waals surface area contributed by atoms with E-state index in [1.54, 1.807) is 18.2 Å². The van der Waals surface area contributed by atoms with Gasteiger partial charge in [0.05, 0.1) is 10.6 Å². The number of anilines is 1. The molecule has 1 saturated heterocycles. The smallest absolute Gasteiger partial charge is 0.257 e. The van der Waals surface area contributed by atoms with Gasteiger partial charge in [0.15, 0.2) is 0 Å². The van der Waals surface area contributed by atoms with Crippen LogP contribution < -0.4 is 10.6 Å². The lowest BCUT2D eigenvalue weighted by Crippen LogP contribution is -2.28. The van der Waals surface area contributed by atoms with Crippen LogP contribution in [0.15, 0.2) is 42.5 Å². The van der Waals surface area contributed by atoms with Crippen LogP contribution in [0.25, 0.3) is 0 Å². The average Bonchev–Trinajstić information content (AvgIpc) is 2.56. The number of nitrogens with one attached hydrogen (secondary N) is 2. The summed E-state index contributed by atoms with van der Waals surface area (Å²) in [4.78, 5) is 12.3. The lowest BCUT2D eigenvalue weighted by Gasteiger charge is -2.23. The number of amides is 1. The summed E-state index contributed by atoms with van der Waals surface area (Å²) in [7, 11) is 0. The van der Waals surface area contributed by atoms with Gasteiger partial charge in [-0.1, -0.05) is 35.3 Å². The summed E-state index contributed by atoms with van der Waals surface area (Å²) >= 11 is 11.9. The summed E-state index contributed by atoms with van der Waals surface area (Å²) < 4.78 is 0. The van der Waals surface area contributed by atoms with Crippen LogP contribution in [-0.4, -0.2) is 19.0 Å². The third-order valence-corrected chi connectivity index (χ3v) is 4.66. The van der Waals surface area contributed by atoms with Crippen LogP contribution in [0, 0.1) is 0 Å². The number of rotatable bonds is 3. The van der Waals surface area contributed by atoms with Crippen molar-refractivity contribution in [1.29, 1.82) is 0 Å². The third kappa shape index (κ3) is 4.64. The molecule has 1 unspecified atom stereocenters. The maximum Gasteiger partial charge on any atom is 0.257 e. The van der Waals surface area contributed by atoms with E-state index in [1.165, 1.54) is 18.4 Å². The zero-order valence-electron chi connectivity index (χ0n) is 13.0. The minimum Gasteiger partial charge on any atom is -0.322 e. The molecular formula is C18H19Cl3N2O. The van der Waals surface area contributed by atoms with E-state index in [0.717, 1.165) is 18.8 Å². The lowest BCUT2D eigenvalue weighted by molar-refractivity contribution is 0.102. The summed E-state index contributed by atoms with van der Waals surface area (Å²) in [5, 5.41) is 7.14. The van der Waals surface area contributed by atoms with Gasteiger partial charge in [-0.05, 0) is 61.2 Å². The van der Waals surface area contributed by atoms with Gasteiger partial charge in [-0.25, -0.2) is 0 Å². The Labute approximate surface area is 158 Å². The second kappa shape index (κ2) is 8.72. The van der Waals surface area contributed by atoms with Gasteiger partial charge in [0.25, 0.3) is 5.91 Å². The quantitative estimate of drug-likeness (QED) is 0.768. The highest BCUT2D eigenvalue weighted by Gasteiger charge is 2.15. The number of hydrogen-bond donors (Lipinski definition) is 2. The Morgan fingerprint density at radius 2 is 1.88 bits per heavy atom. The zero-order chi connectivity index (χ0) is 16.2. The van der Waals surface area contributed by atoms with Crippen molar-refractivity contribution in [1.82, 2.24) is 5.32 Å². The monoisotopic (exact) mass is 384 g/mol. The number of halogens is 3. The fourth-order valence-corrected chi connectivity index (χ4v) is 3.34. The average molecular weight is 386 g/mol. The fraction of sp³-hybridized carbons (Fsp3) is 0.278. The van der Waals surface area contributed by atoms with Gasteiger partial charge in [0.1, 0.15) is 0 Å². The lowest BCUT2D eigenvalue weighted by atomic mass is 9.91. The summed E-state index contributed by atoms with van der Waals surface area (Å²) in [5.41, 5.74) is 2.48. The van der Waals surface area contributed by atoms with Crippen molar-refractivity contribution in [3.63, 3.8) is 0 Å². The molecule has 0 radical (unpaired) electrons. The molecule has 1 aliphatic heterocycles. The van der Waals surface area contributed by atoms with E-state index < -0.39 is 0 Å². The van der Waals surface area contributed by atoms with Crippen LogP contribution in [0.1, 0.15) is 34.7 Å². The van der Waals surface area contributed by atoms with Gasteiger partial charge in [-0.2, -0.15) is 0 Å². The minimum absolute atomic E-state index is 0. The van der Waals surface area contributed by atoms with Gasteiger partial charge in [-0.15, -0.1) is 12.4 Å². The first kappa shape index (κ1) is 19.1. The molecule has 0 aliphatic carbocycles. The molecule has 128 valence electrons. The topological polar surface area (TPSA) is 41.1 Å². The molecule has 1 amide bonds. The maximum atomic E-state index is 12.3. The standard InChI is InChI=1S/C18H18Cl2N2O.ClH/c19-14-5-8-16(17(20)10-14)18(23)22-15-6-3-12(4-7-15)13-2-1-9-21-11-13;/h3-8,10,13,21H,1-2,9,11H2,(H,22,23);1H. The Hall–Kier alpha value is -1.26. The molecule has 2 N–H and O–H groups in total. The predicted molar refractivity (Wildman–Crippen MR) is 103 cm³/mol. The summed E-state index contributed by atoms with van der Waals surface area (Å²) in [5.74, 6) is 0.318. The van der Waals surface area contributed by atoms with E-state index in [9.17, 15) is 4.79 Å². The highest BCUT2D eigenvalue weighted by atomic mass is 35.5. The molecule has 0 spiro atoms. The van der Waals surface area contributed by atoms with Gasteiger partial charge in [0.2, 0.25) is 0 Å². The van der Waals surface area contributed by atoms with Crippen molar-refractivity contribution in [3.8, 4) is 0 Å². The number of benzene rings is 2. The van der Waals surface area contributed by atoms with Crippen molar-refractivity contribution >= 4 is 47.2 Å². The van der Waals surface area contributed by atoms with E-state index in [1.807, 2.05) is 12.1 Å². The van der Waals surface area contributed by atoms with Crippen LogP contribution in [0.2, 0.25) is 10.0 Å². The van der Waals surface area contributed by atoms with Gasteiger partial charge in [-0.3, -0.25) is 4.79 Å². The fourth-order valence-electron chi connectivity index (χ4n) is 2.85. The van der Waals surface area contributed by atoms with Crippen molar-refractivity contribution < 1.29 is 4.79 Å². The molecule has 1 aliphatic rings. The largest absolute Gasteiger partial charge is 0.322 e. The van der Waals surface area contributed by atoms with E-state index >= 15 is 0 Å². The van der Waals surface area contributed by atoms with Crippen molar-refractivity contribution in [2.24, 2.45) is 0 Å². The molecule has 1 heterocycles. The molecule has 2 aromatic rings. The van der Waals surface area contributed by atoms with Gasteiger partial charge in [0, 0.05) is 17.3 Å². The van der Waals surface area contributed by atoms with Crippen LogP contribution >= 0.6 is 35.6 Å². The predicted octanol–water partition coefficient (Wildman–Crippen LogP) is 5.13. The second-order valence-electron chi connectivity index (χ2n) is 5.74. The number of piperidine rings is 1. The summed E-state index contributed by atoms with van der Waals surface area (Å²) in [6.07, 6.45) is 2.41. The number of carbonyl (C=O) groups excluding carboxylic acids is 1. The van der Waals surface area contributed by atoms with E-state index in [2.05, 4.69) is 22.8 Å². The molecule has 3 nitrogen and oxygen atoms in total. The normalized spacial score (nSPS) is 17.0. The Balaban J connectivity index is 0.00000208. The Morgan fingerprint density at radius 1 is 1.12 bits per heavy atom. The zero-order valence-corrected chi connectivity index (χ0v) is 15.3. The van der Waals surface area contributed by atoms with Crippen LogP contribution in [-0.2, 0) is 0 Å². The molecule has 0 aromatic heterocycles. The van der Waals surface area contributed by atoms with E-state index in [0.29, 0.717) is 21.5 Å². The highest BCUT2D eigenvalue weighted by Crippen LogP contribution is 2.25. The van der Waals surface area contributed by atoms with Crippen LogP contribution in [0.5, 0.6) is 0 Å². The Kier molecular flexibility index (Phi) is 6.93. The molecule has 2 aromatic carbocycles. The van der Waals surface area contributed by atoms with Crippen LogP contribution in [0.4, 0.5) is 5.69 Å². The van der Waals surface area contributed by atoms with E-state index in [-0.39, 0.29) is 18.3 Å². The van der Waals surface area contributed by atoms with Gasteiger partial charge >= 0.3 is 0 Å². The molecule has 1 fully saturated rings. The molecule has 24 heavy (non-hydrogen) atoms. The summed E-state index contributed by atoms with van der Waals surface area (Å²) in [6.45, 7) is 2.12. The SMILES string of the molecule is Cl.O=C(Nc1ccc(C2CCCNC2)cc1)c1ccc(Cl)cc1Cl. The molecule has 1 atom stereocenters. The number of hydrogen-bond acceptors (Lipinski definition) is 2.